The second kappa shape index (κ2) is 9.27. The highest BCUT2D eigenvalue weighted by Gasteiger charge is 2.32. The summed E-state index contributed by atoms with van der Waals surface area (Å²) in [6.07, 6.45) is 1.61. The summed E-state index contributed by atoms with van der Waals surface area (Å²) >= 11 is 6.02. The minimum absolute atomic E-state index is 0.0707. The van der Waals surface area contributed by atoms with E-state index in [1.807, 2.05) is 39.0 Å². The smallest absolute Gasteiger partial charge is 0.346 e. The van der Waals surface area contributed by atoms with Crippen molar-refractivity contribution in [1.29, 1.82) is 0 Å². The molecule has 0 bridgehead atoms. The van der Waals surface area contributed by atoms with Crippen LogP contribution in [-0.2, 0) is 23.3 Å². The third kappa shape index (κ3) is 5.45. The number of halogens is 1. The van der Waals surface area contributed by atoms with Crippen molar-refractivity contribution in [3.05, 3.63) is 75.2 Å². The van der Waals surface area contributed by atoms with Gasteiger partial charge in [-0.05, 0) is 60.9 Å². The van der Waals surface area contributed by atoms with Crippen LogP contribution in [0.1, 0.15) is 44.2 Å². The maximum atomic E-state index is 13.2. The number of ketones is 1. The zero-order chi connectivity index (χ0) is 23.8. The van der Waals surface area contributed by atoms with E-state index in [1.165, 1.54) is 9.25 Å². The molecule has 0 spiro atoms. The number of Topliss-reactive ketones (excluding diaryl/α,β-unsaturated/α-hetero) is 1. The molecule has 1 fully saturated rings. The fraction of sp³-hybridized carbons (Fsp3) is 0.423. The molecule has 0 aliphatic heterocycles. The molecule has 3 aromatic rings. The van der Waals surface area contributed by atoms with Crippen LogP contribution in [0.3, 0.4) is 0 Å². The number of aromatic nitrogens is 3. The molecule has 1 aromatic heterocycles. The van der Waals surface area contributed by atoms with Gasteiger partial charge in [0.15, 0.2) is 11.6 Å². The van der Waals surface area contributed by atoms with Crippen LogP contribution in [0.25, 0.3) is 11.4 Å². The molecular formula is C26H30ClN3O3. The molecule has 6 nitrogen and oxygen atoms in total. The maximum Gasteiger partial charge on any atom is 0.346 e. The lowest BCUT2D eigenvalue weighted by atomic mass is 9.79. The van der Waals surface area contributed by atoms with Crippen molar-refractivity contribution in [2.24, 2.45) is 5.92 Å². The summed E-state index contributed by atoms with van der Waals surface area (Å²) in [6.45, 7) is 6.14. The topological polar surface area (TPSA) is 77.1 Å². The summed E-state index contributed by atoms with van der Waals surface area (Å²) < 4.78 is 2.70. The Morgan fingerprint density at radius 2 is 1.91 bits per heavy atom. The number of carbonyl (C=O) groups excluding carboxylic acids is 1. The first-order chi connectivity index (χ1) is 15.6. The number of hydrogen-bond donors (Lipinski definition) is 1. The lowest BCUT2D eigenvalue weighted by Gasteiger charge is -2.24. The first-order valence-corrected chi connectivity index (χ1v) is 11.7. The zero-order valence-corrected chi connectivity index (χ0v) is 20.0. The molecule has 7 heteroatoms. The Morgan fingerprint density at radius 3 is 2.55 bits per heavy atom. The number of benzene rings is 2. The molecule has 33 heavy (non-hydrogen) atoms. The minimum atomic E-state index is -0.609. The first kappa shape index (κ1) is 23.5. The highest BCUT2D eigenvalue weighted by Crippen LogP contribution is 2.33. The van der Waals surface area contributed by atoms with Crippen LogP contribution >= 0.6 is 11.6 Å². The average Bonchev–Trinajstić information content (AvgIpc) is 3.56. The summed E-state index contributed by atoms with van der Waals surface area (Å²) in [5, 5.41) is 15.6. The van der Waals surface area contributed by atoms with Crippen molar-refractivity contribution in [2.45, 2.75) is 64.6 Å². The molecule has 174 valence electrons. The number of aliphatic hydroxyl groups is 1. The van der Waals surface area contributed by atoms with Gasteiger partial charge in [-0.3, -0.25) is 9.36 Å². The largest absolute Gasteiger partial charge is 0.391 e. The molecule has 4 rings (SSSR count). The van der Waals surface area contributed by atoms with Gasteiger partial charge in [0.25, 0.3) is 0 Å². The Labute approximate surface area is 198 Å². The summed E-state index contributed by atoms with van der Waals surface area (Å²) in [7, 11) is 0. The summed E-state index contributed by atoms with van der Waals surface area (Å²) in [6, 6.07) is 15.2. The lowest BCUT2D eigenvalue weighted by molar-refractivity contribution is -0.120. The number of rotatable bonds is 9. The van der Waals surface area contributed by atoms with Crippen LogP contribution in [-0.4, -0.2) is 31.3 Å². The Hall–Kier alpha value is -2.70. The third-order valence-electron chi connectivity index (χ3n) is 6.33. The van der Waals surface area contributed by atoms with Crippen LogP contribution in [0.2, 0.25) is 5.02 Å². The fourth-order valence-corrected chi connectivity index (χ4v) is 4.35. The molecule has 2 aromatic carbocycles. The summed E-state index contributed by atoms with van der Waals surface area (Å²) in [5.74, 6) is 0.579. The number of carbonyl (C=O) groups is 1. The predicted octanol–water partition coefficient (Wildman–Crippen LogP) is 4.38. The second-order valence-corrected chi connectivity index (χ2v) is 10.2. The molecule has 1 atom stereocenters. The van der Waals surface area contributed by atoms with Gasteiger partial charge in [0.1, 0.15) is 6.54 Å². The van der Waals surface area contributed by atoms with Crippen molar-refractivity contribution in [2.75, 3.05) is 0 Å². The average molecular weight is 468 g/mol. The van der Waals surface area contributed by atoms with Crippen molar-refractivity contribution in [1.82, 2.24) is 14.3 Å². The van der Waals surface area contributed by atoms with Gasteiger partial charge in [-0.15, -0.1) is 5.10 Å². The highest BCUT2D eigenvalue weighted by molar-refractivity contribution is 6.30. The standard InChI is InChI=1S/C26H30ClN3O3/c1-17-5-4-6-20(13-17)26(2,3)14-22(31)15-30-25(33)29(16-23(32)18-7-8-18)24(28-30)19-9-11-21(27)12-10-19/h4-6,9-13,18,23,32H,7-8,14-16H2,1-3H3. The van der Waals surface area contributed by atoms with E-state index in [4.69, 9.17) is 11.6 Å². The molecule has 1 aliphatic carbocycles. The van der Waals surface area contributed by atoms with E-state index in [2.05, 4.69) is 11.2 Å². The monoisotopic (exact) mass is 467 g/mol. The van der Waals surface area contributed by atoms with Gasteiger partial charge < -0.3 is 5.11 Å². The molecular weight excluding hydrogens is 438 g/mol. The van der Waals surface area contributed by atoms with E-state index in [0.717, 1.165) is 24.0 Å². The molecule has 1 unspecified atom stereocenters. The van der Waals surface area contributed by atoms with E-state index in [1.54, 1.807) is 24.3 Å². The number of aryl methyl sites for hydroxylation is 1. The fourth-order valence-electron chi connectivity index (χ4n) is 4.22. The van der Waals surface area contributed by atoms with Gasteiger partial charge >= 0.3 is 5.69 Å². The van der Waals surface area contributed by atoms with E-state index < -0.39 is 6.10 Å². The minimum Gasteiger partial charge on any atom is -0.391 e. The van der Waals surface area contributed by atoms with Gasteiger partial charge in [0, 0.05) is 17.0 Å². The first-order valence-electron chi connectivity index (χ1n) is 11.3. The van der Waals surface area contributed by atoms with Crippen LogP contribution < -0.4 is 5.69 Å². The Balaban J connectivity index is 1.59. The van der Waals surface area contributed by atoms with Gasteiger partial charge in [0.2, 0.25) is 0 Å². The van der Waals surface area contributed by atoms with Gasteiger partial charge in [-0.25, -0.2) is 9.48 Å². The van der Waals surface area contributed by atoms with E-state index >= 15 is 0 Å². The number of hydrogen-bond acceptors (Lipinski definition) is 4. The molecule has 0 radical (unpaired) electrons. The highest BCUT2D eigenvalue weighted by atomic mass is 35.5. The van der Waals surface area contributed by atoms with Crippen molar-refractivity contribution < 1.29 is 9.90 Å². The summed E-state index contributed by atoms with van der Waals surface area (Å²) in [4.78, 5) is 26.2. The van der Waals surface area contributed by atoms with Crippen LogP contribution in [0.15, 0.2) is 53.3 Å². The van der Waals surface area contributed by atoms with Gasteiger partial charge in [-0.1, -0.05) is 55.3 Å². The van der Waals surface area contributed by atoms with Crippen LogP contribution in [0.5, 0.6) is 0 Å². The molecule has 1 heterocycles. The molecule has 0 amide bonds. The third-order valence-corrected chi connectivity index (χ3v) is 6.58. The van der Waals surface area contributed by atoms with E-state index in [0.29, 0.717) is 16.4 Å². The Bertz CT molecular complexity index is 1210. The predicted molar refractivity (Wildman–Crippen MR) is 129 cm³/mol. The molecule has 0 saturated heterocycles. The number of nitrogens with zero attached hydrogens (tertiary/aromatic N) is 3. The van der Waals surface area contributed by atoms with Gasteiger partial charge in [0.05, 0.1) is 12.6 Å². The lowest BCUT2D eigenvalue weighted by Crippen LogP contribution is -2.33. The van der Waals surface area contributed by atoms with Crippen molar-refractivity contribution in [3.8, 4) is 11.4 Å². The van der Waals surface area contributed by atoms with Crippen LogP contribution in [0, 0.1) is 12.8 Å². The Kier molecular flexibility index (Phi) is 6.59. The Morgan fingerprint density at radius 1 is 1.21 bits per heavy atom. The molecule has 1 N–H and O–H groups in total. The number of aliphatic hydroxyl groups excluding tert-OH is 1. The SMILES string of the molecule is Cc1cccc(C(C)(C)CC(=O)Cn2nc(-c3ccc(Cl)cc3)n(CC(O)C3CC3)c2=O)c1. The van der Waals surface area contributed by atoms with Gasteiger partial charge in [-0.2, -0.15) is 0 Å². The van der Waals surface area contributed by atoms with Crippen LogP contribution in [0.4, 0.5) is 0 Å². The van der Waals surface area contributed by atoms with E-state index in [9.17, 15) is 14.7 Å². The second-order valence-electron chi connectivity index (χ2n) is 9.75. The van der Waals surface area contributed by atoms with Crippen molar-refractivity contribution in [3.63, 3.8) is 0 Å². The van der Waals surface area contributed by atoms with Crippen molar-refractivity contribution >= 4 is 17.4 Å². The molecule has 1 aliphatic rings. The molecule has 1 saturated carbocycles. The maximum absolute atomic E-state index is 13.2. The zero-order valence-electron chi connectivity index (χ0n) is 19.3. The normalized spacial score (nSPS) is 14.9. The summed E-state index contributed by atoms with van der Waals surface area (Å²) in [5.41, 5.74) is 2.19. The quantitative estimate of drug-likeness (QED) is 0.506. The van der Waals surface area contributed by atoms with E-state index in [-0.39, 0.29) is 42.3 Å².